The zero-order valence-electron chi connectivity index (χ0n) is 18.2. The largest absolute Gasteiger partial charge is 0.317 e. The van der Waals surface area contributed by atoms with Crippen molar-refractivity contribution in [2.75, 3.05) is 26.0 Å². The van der Waals surface area contributed by atoms with Gasteiger partial charge in [0.25, 0.3) is 31.1 Å². The van der Waals surface area contributed by atoms with Crippen LogP contribution in [0.2, 0.25) is 0 Å². The number of nitrogens with zero attached hydrogens (tertiary/aromatic N) is 2. The van der Waals surface area contributed by atoms with E-state index >= 15 is 0 Å². The van der Waals surface area contributed by atoms with Gasteiger partial charge in [-0.2, -0.15) is 0 Å². The molecule has 0 spiro atoms. The molecule has 9 nitrogen and oxygen atoms in total. The molecule has 1 N–H and O–H groups in total. The summed E-state index contributed by atoms with van der Waals surface area (Å²) in [7, 11) is -3.52. The zero-order valence-corrected chi connectivity index (χ0v) is 19.0. The van der Waals surface area contributed by atoms with E-state index in [1.165, 1.54) is 4.90 Å². The van der Waals surface area contributed by atoms with E-state index in [4.69, 9.17) is 4.52 Å². The van der Waals surface area contributed by atoms with Crippen LogP contribution in [0.3, 0.4) is 0 Å². The third-order valence-corrected chi connectivity index (χ3v) is 7.62. The van der Waals surface area contributed by atoms with Gasteiger partial charge in [0.05, 0.1) is 28.9 Å². The summed E-state index contributed by atoms with van der Waals surface area (Å²) in [4.78, 5) is 52.2. The van der Waals surface area contributed by atoms with Crippen molar-refractivity contribution < 1.29 is 28.3 Å². The summed E-state index contributed by atoms with van der Waals surface area (Å²) in [6, 6.07) is 13.2. The van der Waals surface area contributed by atoms with Crippen LogP contribution >= 0.6 is 7.52 Å². The Hall–Kier alpha value is -3.13. The summed E-state index contributed by atoms with van der Waals surface area (Å²) in [6.07, 6.45) is 0.635. The van der Waals surface area contributed by atoms with Crippen LogP contribution in [0.4, 0.5) is 0 Å². The predicted molar refractivity (Wildman–Crippen MR) is 120 cm³/mol. The lowest BCUT2D eigenvalue weighted by molar-refractivity contribution is 0.0645. The SMILES string of the molecule is CCOP(=O)(CN1C(=O)c2ccccc2C1=O)NCCCCN1C(=O)c2ccccc2C1=O. The molecule has 2 aliphatic heterocycles. The third-order valence-electron chi connectivity index (χ3n) is 5.58. The first kappa shape index (κ1) is 23.0. The summed E-state index contributed by atoms with van der Waals surface area (Å²) >= 11 is 0. The van der Waals surface area contributed by atoms with Crippen molar-refractivity contribution in [3.63, 3.8) is 0 Å². The third kappa shape index (κ3) is 4.39. The molecule has 10 heteroatoms. The van der Waals surface area contributed by atoms with E-state index in [0.29, 0.717) is 24.0 Å². The van der Waals surface area contributed by atoms with Crippen LogP contribution in [0.15, 0.2) is 48.5 Å². The number of fused-ring (bicyclic) bond motifs is 2. The number of imide groups is 2. The number of hydrogen-bond donors (Lipinski definition) is 1. The van der Waals surface area contributed by atoms with Crippen LogP contribution in [0.25, 0.3) is 0 Å². The highest BCUT2D eigenvalue weighted by molar-refractivity contribution is 7.56. The number of rotatable bonds is 10. The smallest absolute Gasteiger partial charge is 0.289 e. The topological polar surface area (TPSA) is 113 Å². The van der Waals surface area contributed by atoms with Crippen molar-refractivity contribution in [2.24, 2.45) is 0 Å². The van der Waals surface area contributed by atoms with Gasteiger partial charge in [-0.25, -0.2) is 5.09 Å². The predicted octanol–water partition coefficient (Wildman–Crippen LogP) is 3.14. The molecule has 33 heavy (non-hydrogen) atoms. The Bertz CT molecular complexity index is 1110. The second-order valence-electron chi connectivity index (χ2n) is 7.74. The molecular weight excluding hydrogens is 445 g/mol. The minimum absolute atomic E-state index is 0.141. The number of hydrogen-bond acceptors (Lipinski definition) is 6. The lowest BCUT2D eigenvalue weighted by Crippen LogP contribution is -2.34. The monoisotopic (exact) mass is 469 g/mol. The molecular formula is C23H24N3O6P. The maximum Gasteiger partial charge on any atom is 0.289 e. The zero-order chi connectivity index (χ0) is 23.6. The molecule has 0 aromatic heterocycles. The molecule has 1 atom stereocenters. The van der Waals surface area contributed by atoms with Crippen LogP contribution in [-0.4, -0.2) is 59.4 Å². The molecule has 0 fully saturated rings. The normalized spacial score (nSPS) is 16.9. The molecule has 0 saturated carbocycles. The van der Waals surface area contributed by atoms with Crippen LogP contribution in [0.5, 0.6) is 0 Å². The molecule has 4 rings (SSSR count). The van der Waals surface area contributed by atoms with Gasteiger partial charge in [-0.3, -0.25) is 33.5 Å². The number of unbranched alkanes of at least 4 members (excludes halogenated alkanes) is 1. The summed E-state index contributed by atoms with van der Waals surface area (Å²) < 4.78 is 18.7. The standard InChI is InChI=1S/C23H24N3O6P/c1-2-32-33(31,15-26-22(29)18-11-5-6-12-19(18)23(26)30)24-13-7-8-14-25-20(27)16-9-3-4-10-17(16)21(25)28/h3-6,9-12H,2,7-8,13-15H2,1H3,(H,24,31). The first-order chi connectivity index (χ1) is 15.9. The van der Waals surface area contributed by atoms with Crippen LogP contribution in [0, 0.1) is 0 Å². The number of carbonyl (C=O) groups excluding carboxylic acids is 4. The Labute approximate surface area is 191 Å². The molecule has 0 radical (unpaired) electrons. The molecule has 2 aromatic carbocycles. The van der Waals surface area contributed by atoms with Gasteiger partial charge in [0.2, 0.25) is 0 Å². The fourth-order valence-corrected chi connectivity index (χ4v) is 5.80. The molecule has 4 amide bonds. The van der Waals surface area contributed by atoms with Crippen LogP contribution < -0.4 is 5.09 Å². The van der Waals surface area contributed by atoms with Crippen molar-refractivity contribution in [1.29, 1.82) is 0 Å². The number of benzene rings is 2. The Morgan fingerprint density at radius 2 is 1.21 bits per heavy atom. The van der Waals surface area contributed by atoms with Gasteiger partial charge in [-0.15, -0.1) is 0 Å². The fraction of sp³-hybridized carbons (Fsp3) is 0.304. The molecule has 0 bridgehead atoms. The van der Waals surface area contributed by atoms with Crippen molar-refractivity contribution in [2.45, 2.75) is 19.8 Å². The van der Waals surface area contributed by atoms with E-state index in [0.717, 1.165) is 4.90 Å². The number of nitrogens with one attached hydrogen (secondary N) is 1. The van der Waals surface area contributed by atoms with Crippen LogP contribution in [-0.2, 0) is 9.09 Å². The highest BCUT2D eigenvalue weighted by atomic mass is 31.2. The molecule has 1 unspecified atom stereocenters. The van der Waals surface area contributed by atoms with Crippen molar-refractivity contribution >= 4 is 31.1 Å². The van der Waals surface area contributed by atoms with Gasteiger partial charge in [0.15, 0.2) is 0 Å². The maximum atomic E-state index is 13.3. The van der Waals surface area contributed by atoms with E-state index in [1.807, 2.05) is 0 Å². The van der Waals surface area contributed by atoms with E-state index in [2.05, 4.69) is 5.09 Å². The molecule has 0 aliphatic carbocycles. The number of carbonyl (C=O) groups is 4. The highest BCUT2D eigenvalue weighted by Crippen LogP contribution is 2.44. The summed E-state index contributed by atoms with van der Waals surface area (Å²) in [5, 5.41) is 2.86. The summed E-state index contributed by atoms with van der Waals surface area (Å²) in [5.41, 5.74) is 1.38. The van der Waals surface area contributed by atoms with Crippen molar-refractivity contribution in [1.82, 2.24) is 14.9 Å². The summed E-state index contributed by atoms with van der Waals surface area (Å²) in [6.45, 7) is 2.33. The molecule has 0 saturated heterocycles. The summed E-state index contributed by atoms with van der Waals surface area (Å²) in [5.74, 6) is -1.62. The molecule has 2 aliphatic rings. The molecule has 2 heterocycles. The Morgan fingerprint density at radius 3 is 1.67 bits per heavy atom. The van der Waals surface area contributed by atoms with E-state index in [9.17, 15) is 23.7 Å². The molecule has 2 aromatic rings. The Kier molecular flexibility index (Phi) is 6.56. The van der Waals surface area contributed by atoms with E-state index < -0.39 is 19.3 Å². The van der Waals surface area contributed by atoms with Gasteiger partial charge < -0.3 is 4.52 Å². The first-order valence-corrected chi connectivity index (χ1v) is 12.6. The van der Waals surface area contributed by atoms with Crippen molar-refractivity contribution in [3.8, 4) is 0 Å². The number of amides is 4. The van der Waals surface area contributed by atoms with Gasteiger partial charge >= 0.3 is 0 Å². The lowest BCUT2D eigenvalue weighted by atomic mass is 10.1. The average Bonchev–Trinajstić information content (AvgIpc) is 3.20. The minimum Gasteiger partial charge on any atom is -0.317 e. The second kappa shape index (κ2) is 9.39. The van der Waals surface area contributed by atoms with Gasteiger partial charge in [-0.1, -0.05) is 24.3 Å². The molecule has 172 valence electrons. The minimum atomic E-state index is -3.52. The van der Waals surface area contributed by atoms with Gasteiger partial charge in [0.1, 0.15) is 6.29 Å². The Balaban J connectivity index is 1.31. The second-order valence-corrected chi connectivity index (χ2v) is 9.94. The quantitative estimate of drug-likeness (QED) is 0.323. The fourth-order valence-electron chi connectivity index (χ4n) is 3.99. The van der Waals surface area contributed by atoms with Crippen LogP contribution in [0.1, 0.15) is 61.2 Å². The van der Waals surface area contributed by atoms with Crippen molar-refractivity contribution in [3.05, 3.63) is 70.8 Å². The van der Waals surface area contributed by atoms with E-state index in [-0.39, 0.29) is 48.9 Å². The van der Waals surface area contributed by atoms with Gasteiger partial charge in [-0.05, 0) is 44.0 Å². The van der Waals surface area contributed by atoms with Gasteiger partial charge in [0, 0.05) is 13.1 Å². The van der Waals surface area contributed by atoms with E-state index in [1.54, 1.807) is 55.5 Å². The maximum absolute atomic E-state index is 13.3. The highest BCUT2D eigenvalue weighted by Gasteiger charge is 2.40. The Morgan fingerprint density at radius 1 is 0.758 bits per heavy atom. The average molecular weight is 469 g/mol. The lowest BCUT2D eigenvalue weighted by Gasteiger charge is -2.23. The first-order valence-electron chi connectivity index (χ1n) is 10.8.